The molecule has 0 bridgehead atoms. The highest BCUT2D eigenvalue weighted by atomic mass is 19.1. The molecule has 27 heavy (non-hydrogen) atoms. The van der Waals surface area contributed by atoms with Crippen molar-refractivity contribution in [2.45, 2.75) is 32.0 Å². The van der Waals surface area contributed by atoms with Crippen LogP contribution < -0.4 is 10.6 Å². The van der Waals surface area contributed by atoms with E-state index in [9.17, 15) is 9.18 Å². The number of aryl methyl sites for hydroxylation is 2. The monoisotopic (exact) mass is 372 g/mol. The lowest BCUT2D eigenvalue weighted by molar-refractivity contribution is -0.130. The number of alkyl halides is 1. The maximum absolute atomic E-state index is 13.8. The third-order valence-corrected chi connectivity index (χ3v) is 4.35. The Morgan fingerprint density at radius 3 is 3.00 bits per heavy atom. The highest BCUT2D eigenvalue weighted by Gasteiger charge is 2.35. The van der Waals surface area contributed by atoms with Crippen molar-refractivity contribution in [2.75, 3.05) is 23.7 Å². The van der Waals surface area contributed by atoms with Crippen molar-refractivity contribution in [3.63, 3.8) is 0 Å². The van der Waals surface area contributed by atoms with E-state index in [1.807, 2.05) is 20.0 Å². The number of nitrogens with zero attached hydrogens (tertiary/aromatic N) is 6. The van der Waals surface area contributed by atoms with E-state index in [0.29, 0.717) is 18.3 Å². The second kappa shape index (κ2) is 7.99. The maximum Gasteiger partial charge on any atom is 0.237 e. The molecule has 2 aromatic heterocycles. The van der Waals surface area contributed by atoms with Gasteiger partial charge in [0.1, 0.15) is 18.4 Å². The molecule has 0 spiro atoms. The number of carbonyl (C=O) groups excluding carboxylic acids is 1. The summed E-state index contributed by atoms with van der Waals surface area (Å²) in [4.78, 5) is 22.1. The molecule has 0 radical (unpaired) electrons. The first kappa shape index (κ1) is 18.6. The molecule has 1 aliphatic rings. The van der Waals surface area contributed by atoms with E-state index < -0.39 is 6.17 Å². The molecule has 2 N–H and O–H groups in total. The maximum atomic E-state index is 13.8. The Morgan fingerprint density at radius 1 is 1.48 bits per heavy atom. The summed E-state index contributed by atoms with van der Waals surface area (Å²) >= 11 is 0. The Morgan fingerprint density at radius 2 is 2.30 bits per heavy atom. The number of nitriles is 1. The molecule has 1 aliphatic heterocycles. The highest BCUT2D eigenvalue weighted by Crippen LogP contribution is 2.23. The number of nitrogens with one attached hydrogen (secondary N) is 2. The Hall–Kier alpha value is -3.22. The van der Waals surface area contributed by atoms with Crippen molar-refractivity contribution < 1.29 is 9.18 Å². The zero-order valence-corrected chi connectivity index (χ0v) is 15.2. The van der Waals surface area contributed by atoms with Crippen LogP contribution in [0.5, 0.6) is 0 Å². The molecule has 0 saturated carbocycles. The number of aromatic nitrogens is 4. The van der Waals surface area contributed by atoms with Gasteiger partial charge in [-0.15, -0.1) is 0 Å². The minimum Gasteiger partial charge on any atom is -0.368 e. The van der Waals surface area contributed by atoms with Crippen LogP contribution in [0.25, 0.3) is 0 Å². The summed E-state index contributed by atoms with van der Waals surface area (Å²) in [6, 6.07) is 1.51. The molecule has 142 valence electrons. The molecule has 2 atom stereocenters. The summed E-state index contributed by atoms with van der Waals surface area (Å²) in [5.41, 5.74) is 1.59. The fourth-order valence-corrected chi connectivity index (χ4v) is 3.04. The minimum absolute atomic E-state index is 0.0312. The van der Waals surface area contributed by atoms with Gasteiger partial charge in [-0.2, -0.15) is 15.3 Å². The van der Waals surface area contributed by atoms with Gasteiger partial charge in [-0.25, -0.2) is 9.37 Å². The number of halogens is 1. The van der Waals surface area contributed by atoms with Crippen molar-refractivity contribution in [1.29, 1.82) is 5.26 Å². The Labute approximate surface area is 156 Å². The minimum atomic E-state index is -1.08. The van der Waals surface area contributed by atoms with Gasteiger partial charge in [0, 0.05) is 38.0 Å². The lowest BCUT2D eigenvalue weighted by Gasteiger charge is -2.24. The third-order valence-electron chi connectivity index (χ3n) is 4.35. The molecule has 10 heteroatoms. The summed E-state index contributed by atoms with van der Waals surface area (Å²) in [5, 5.41) is 19.0. The largest absolute Gasteiger partial charge is 0.368 e. The van der Waals surface area contributed by atoms with E-state index in [1.54, 1.807) is 23.3 Å². The summed E-state index contributed by atoms with van der Waals surface area (Å²) in [6.45, 7) is 2.24. The molecule has 0 unspecified atom stereocenters. The molecule has 1 amide bonds. The van der Waals surface area contributed by atoms with Gasteiger partial charge in [0.05, 0.1) is 30.5 Å². The second-order valence-corrected chi connectivity index (χ2v) is 6.50. The molecule has 1 fully saturated rings. The predicted molar refractivity (Wildman–Crippen MR) is 97.0 cm³/mol. The van der Waals surface area contributed by atoms with E-state index in [2.05, 4.69) is 25.7 Å². The smallest absolute Gasteiger partial charge is 0.237 e. The van der Waals surface area contributed by atoms with Crippen molar-refractivity contribution in [2.24, 2.45) is 7.05 Å². The molecule has 3 heterocycles. The molecule has 1 saturated heterocycles. The zero-order valence-electron chi connectivity index (χ0n) is 15.2. The van der Waals surface area contributed by atoms with E-state index in [1.165, 1.54) is 4.90 Å². The number of amides is 1. The average molecular weight is 372 g/mol. The second-order valence-electron chi connectivity index (χ2n) is 6.50. The molecule has 9 nitrogen and oxygen atoms in total. The fraction of sp³-hybridized carbons (Fsp3) is 0.471. The van der Waals surface area contributed by atoms with Crippen molar-refractivity contribution >= 4 is 23.4 Å². The molecule has 0 aromatic carbocycles. The lowest BCUT2D eigenvalue weighted by Crippen LogP contribution is -2.39. The Kier molecular flexibility index (Phi) is 5.49. The standard InChI is InChI=1S/C17H21FN8O/c1-11-6-21-17(23-13-7-22-25(2)10-13)24-16(11)20-8-14-5-12(18)9-26(14)15(27)3-4-19/h6-7,10,12,14H,3,5,8-9H2,1-2H3,(H2,20,21,23,24)/t12-,14-/m0/s1. The average Bonchev–Trinajstić information content (AvgIpc) is 3.21. The number of rotatable bonds is 6. The topological polar surface area (TPSA) is 112 Å². The summed E-state index contributed by atoms with van der Waals surface area (Å²) in [6.07, 6.45) is 4.07. The third kappa shape index (κ3) is 4.49. The number of hydrogen-bond acceptors (Lipinski definition) is 7. The number of anilines is 3. The van der Waals surface area contributed by atoms with E-state index in [0.717, 1.165) is 11.3 Å². The number of hydrogen-bond donors (Lipinski definition) is 2. The SMILES string of the molecule is Cc1cnc(Nc2cnn(C)c2)nc1NC[C@@H]1C[C@H](F)CN1C(=O)CC#N. The summed E-state index contributed by atoms with van der Waals surface area (Å²) in [5.74, 6) is 0.664. The molecule has 3 rings (SSSR count). The lowest BCUT2D eigenvalue weighted by atomic mass is 10.2. The van der Waals surface area contributed by atoms with E-state index in [-0.39, 0.29) is 31.3 Å². The van der Waals surface area contributed by atoms with Crippen LogP contribution in [0.2, 0.25) is 0 Å². The Bertz CT molecular complexity index is 861. The summed E-state index contributed by atoms with van der Waals surface area (Å²) < 4.78 is 15.5. The molecule has 0 aliphatic carbocycles. The van der Waals surface area contributed by atoms with Crippen LogP contribution in [0.1, 0.15) is 18.4 Å². The first-order chi connectivity index (χ1) is 13.0. The van der Waals surface area contributed by atoms with Crippen LogP contribution in [0, 0.1) is 18.3 Å². The van der Waals surface area contributed by atoms with Crippen LogP contribution in [0.3, 0.4) is 0 Å². The van der Waals surface area contributed by atoms with Crippen LogP contribution >= 0.6 is 0 Å². The van der Waals surface area contributed by atoms with Gasteiger partial charge >= 0.3 is 0 Å². The first-order valence-electron chi connectivity index (χ1n) is 8.60. The highest BCUT2D eigenvalue weighted by molar-refractivity contribution is 5.79. The number of carbonyl (C=O) groups is 1. The summed E-state index contributed by atoms with van der Waals surface area (Å²) in [7, 11) is 1.81. The van der Waals surface area contributed by atoms with E-state index >= 15 is 0 Å². The van der Waals surface area contributed by atoms with Crippen LogP contribution in [-0.2, 0) is 11.8 Å². The van der Waals surface area contributed by atoms with E-state index in [4.69, 9.17) is 5.26 Å². The number of likely N-dealkylation sites (tertiary alicyclic amines) is 1. The van der Waals surface area contributed by atoms with Gasteiger partial charge in [0.25, 0.3) is 0 Å². The van der Waals surface area contributed by atoms with Gasteiger partial charge < -0.3 is 15.5 Å². The zero-order chi connectivity index (χ0) is 19.4. The van der Waals surface area contributed by atoms with Crippen LogP contribution in [-0.4, -0.2) is 55.9 Å². The normalized spacial score (nSPS) is 19.0. The quantitative estimate of drug-likeness (QED) is 0.791. The van der Waals surface area contributed by atoms with Gasteiger partial charge in [-0.05, 0) is 6.92 Å². The van der Waals surface area contributed by atoms with Gasteiger partial charge in [-0.3, -0.25) is 9.48 Å². The van der Waals surface area contributed by atoms with Gasteiger partial charge in [-0.1, -0.05) is 0 Å². The van der Waals surface area contributed by atoms with Crippen LogP contribution in [0.15, 0.2) is 18.6 Å². The van der Waals surface area contributed by atoms with Crippen molar-refractivity contribution in [1.82, 2.24) is 24.6 Å². The molecular weight excluding hydrogens is 351 g/mol. The molecular formula is C17H21FN8O. The Balaban J connectivity index is 1.67. The first-order valence-corrected chi connectivity index (χ1v) is 8.60. The molecule has 2 aromatic rings. The van der Waals surface area contributed by atoms with Gasteiger partial charge in [0.2, 0.25) is 11.9 Å². The fourth-order valence-electron chi connectivity index (χ4n) is 3.04. The van der Waals surface area contributed by atoms with Crippen molar-refractivity contribution in [3.8, 4) is 6.07 Å². The van der Waals surface area contributed by atoms with Crippen molar-refractivity contribution in [3.05, 3.63) is 24.2 Å². The predicted octanol–water partition coefficient (Wildman–Crippen LogP) is 1.53. The van der Waals surface area contributed by atoms with Gasteiger partial charge in [0.15, 0.2) is 0 Å². The van der Waals surface area contributed by atoms with Crippen LogP contribution in [0.4, 0.5) is 21.8 Å².